The molecule has 2 aliphatic carbocycles. The van der Waals surface area contributed by atoms with Crippen molar-refractivity contribution in [2.45, 2.75) is 68.3 Å². The quantitative estimate of drug-likeness (QED) is 0.299. The van der Waals surface area contributed by atoms with Crippen LogP contribution in [0.1, 0.15) is 57.3 Å². The van der Waals surface area contributed by atoms with Gasteiger partial charge in [-0.1, -0.05) is 18.5 Å². The zero-order valence-electron chi connectivity index (χ0n) is 25.0. The Labute approximate surface area is 264 Å². The number of halogens is 4. The highest BCUT2D eigenvalue weighted by atomic mass is 35.5. The first-order chi connectivity index (χ1) is 20.8. The Hall–Kier alpha value is -3.36. The van der Waals surface area contributed by atoms with Crippen LogP contribution in [0.15, 0.2) is 35.2 Å². The zero-order chi connectivity index (χ0) is 33.5. The van der Waals surface area contributed by atoms with Crippen LogP contribution < -0.4 is 16.0 Å². The van der Waals surface area contributed by atoms with E-state index >= 15 is 0 Å². The number of sulfone groups is 1. The monoisotopic (exact) mass is 673 g/mol. The Morgan fingerprint density at radius 2 is 1.69 bits per heavy atom. The molecular weight excluding hydrogens is 639 g/mol. The molecule has 10 nitrogen and oxygen atoms in total. The van der Waals surface area contributed by atoms with Gasteiger partial charge in [-0.05, 0) is 76.0 Å². The first-order valence-corrected chi connectivity index (χ1v) is 16.2. The minimum absolute atomic E-state index is 0.0589. The van der Waals surface area contributed by atoms with Gasteiger partial charge in [0.15, 0.2) is 27.3 Å². The Morgan fingerprint density at radius 1 is 1.04 bits per heavy atom. The molecule has 0 aromatic heterocycles. The van der Waals surface area contributed by atoms with Crippen molar-refractivity contribution in [3.05, 3.63) is 58.4 Å². The molecule has 246 valence electrons. The number of anilines is 1. The summed E-state index contributed by atoms with van der Waals surface area (Å²) in [5.74, 6) is -7.23. The molecule has 4 N–H and O–H groups in total. The second-order valence-electron chi connectivity index (χ2n) is 12.6. The van der Waals surface area contributed by atoms with Crippen molar-refractivity contribution in [3.63, 3.8) is 0 Å². The van der Waals surface area contributed by atoms with Crippen LogP contribution in [0.2, 0.25) is 5.02 Å². The molecule has 0 radical (unpaired) electrons. The van der Waals surface area contributed by atoms with E-state index in [0.29, 0.717) is 18.6 Å². The lowest BCUT2D eigenvalue weighted by molar-refractivity contribution is -0.123. The van der Waals surface area contributed by atoms with E-state index in [4.69, 9.17) is 16.3 Å². The van der Waals surface area contributed by atoms with Crippen LogP contribution in [0.5, 0.6) is 0 Å². The number of hydrogen-bond donors (Lipinski definition) is 4. The molecule has 2 aromatic carbocycles. The molecule has 0 spiro atoms. The fourth-order valence-corrected chi connectivity index (χ4v) is 8.59. The third-order valence-electron chi connectivity index (χ3n) is 8.30. The van der Waals surface area contributed by atoms with E-state index in [9.17, 15) is 41.1 Å². The first kappa shape index (κ1) is 34.5. The average molecular weight is 674 g/mol. The fraction of sp³-hybridized carbons (Fsp3) is 0.500. The van der Waals surface area contributed by atoms with Crippen molar-refractivity contribution in [1.82, 2.24) is 10.6 Å². The van der Waals surface area contributed by atoms with E-state index < -0.39 is 73.5 Å². The van der Waals surface area contributed by atoms with E-state index in [1.54, 1.807) is 20.8 Å². The van der Waals surface area contributed by atoms with Gasteiger partial charge in [0.1, 0.15) is 5.60 Å². The average Bonchev–Trinajstić information content (AvgIpc) is 3.05. The summed E-state index contributed by atoms with van der Waals surface area (Å²) in [6.07, 6.45) is -0.134. The lowest BCUT2D eigenvalue weighted by atomic mass is 9.73. The number of amides is 3. The number of ether oxygens (including phenoxy) is 1. The molecule has 2 unspecified atom stereocenters. The fourth-order valence-electron chi connectivity index (χ4n) is 6.22. The van der Waals surface area contributed by atoms with Crippen molar-refractivity contribution in [2.75, 3.05) is 18.4 Å². The molecule has 4 rings (SSSR count). The summed E-state index contributed by atoms with van der Waals surface area (Å²) in [6.45, 7) is 6.42. The summed E-state index contributed by atoms with van der Waals surface area (Å²) in [5.41, 5.74) is -2.68. The lowest BCUT2D eigenvalue weighted by Crippen LogP contribution is -2.56. The van der Waals surface area contributed by atoms with E-state index in [1.165, 1.54) is 12.1 Å². The molecule has 2 bridgehead atoms. The van der Waals surface area contributed by atoms with Crippen LogP contribution in [0.4, 0.5) is 23.7 Å². The molecule has 15 heteroatoms. The highest BCUT2D eigenvalue weighted by Gasteiger charge is 2.58. The van der Waals surface area contributed by atoms with Crippen molar-refractivity contribution >= 4 is 45.0 Å². The Kier molecular flexibility index (Phi) is 9.81. The van der Waals surface area contributed by atoms with Crippen LogP contribution in [-0.4, -0.2) is 61.0 Å². The lowest BCUT2D eigenvalue weighted by Gasteiger charge is -2.43. The van der Waals surface area contributed by atoms with Crippen LogP contribution in [0.3, 0.4) is 0 Å². The molecule has 5 atom stereocenters. The smallest absolute Gasteiger partial charge is 0.408 e. The predicted molar refractivity (Wildman–Crippen MR) is 159 cm³/mol. The van der Waals surface area contributed by atoms with E-state index in [-0.39, 0.29) is 53.0 Å². The number of fused-ring (bicyclic) bond motifs is 2. The minimum atomic E-state index is -4.15. The second kappa shape index (κ2) is 12.8. The molecule has 2 aliphatic rings. The molecule has 0 saturated heterocycles. The van der Waals surface area contributed by atoms with E-state index in [0.717, 1.165) is 6.07 Å². The zero-order valence-corrected chi connectivity index (χ0v) is 26.6. The van der Waals surface area contributed by atoms with Crippen LogP contribution in [0, 0.1) is 35.2 Å². The van der Waals surface area contributed by atoms with Gasteiger partial charge in [-0.2, -0.15) is 0 Å². The Morgan fingerprint density at radius 3 is 2.29 bits per heavy atom. The molecule has 0 heterocycles. The number of carbonyl (C=O) groups excluding carboxylic acids is 3. The number of nitrogens with one attached hydrogen (secondary N) is 3. The van der Waals surface area contributed by atoms with E-state index in [2.05, 4.69) is 16.0 Å². The normalized spacial score (nSPS) is 24.6. The van der Waals surface area contributed by atoms with Crippen LogP contribution in [-0.2, 0) is 19.4 Å². The van der Waals surface area contributed by atoms with Crippen molar-refractivity contribution in [1.29, 1.82) is 0 Å². The molecule has 3 amide bonds. The maximum Gasteiger partial charge on any atom is 0.408 e. The van der Waals surface area contributed by atoms with Gasteiger partial charge in [0.25, 0.3) is 5.91 Å². The van der Waals surface area contributed by atoms with Gasteiger partial charge in [0.2, 0.25) is 5.91 Å². The van der Waals surface area contributed by atoms with Crippen LogP contribution >= 0.6 is 11.6 Å². The summed E-state index contributed by atoms with van der Waals surface area (Å²) in [5, 5.41) is 17.8. The number of hydrogen-bond acceptors (Lipinski definition) is 7. The molecular formula is C30H35ClF3N3O7S. The summed E-state index contributed by atoms with van der Waals surface area (Å²) < 4.78 is 73.3. The standard InChI is InChI=1S/C30H35ClF3N3O7S/c1-15-7-17-9-19(12-20(15)30(17,41)14-36-25(38)13-35-28(40)44-29(2,3)4)45(42,43)24-8-16(5-6-21(24)31)27(39)37-18-10-22(32)26(34)23(33)11-18/h5-6,8,10-11,15,17,19-20,41H,7,9,12-14H2,1-4H3,(H,35,40)(H,36,38)(H,37,39)/t15-,17?,19+,20?,30+/m0/s1. The minimum Gasteiger partial charge on any atom is -0.444 e. The number of alkyl carbamates (subject to hydrolysis) is 1. The predicted octanol–water partition coefficient (Wildman–Crippen LogP) is 4.59. The molecule has 0 aliphatic heterocycles. The molecule has 2 saturated carbocycles. The van der Waals surface area contributed by atoms with Gasteiger partial charge in [-0.3, -0.25) is 9.59 Å². The van der Waals surface area contributed by atoms with Gasteiger partial charge in [-0.15, -0.1) is 0 Å². The summed E-state index contributed by atoms with van der Waals surface area (Å²) in [6, 6.07) is 4.69. The third kappa shape index (κ3) is 7.55. The summed E-state index contributed by atoms with van der Waals surface area (Å²) >= 11 is 6.28. The number of aliphatic hydroxyl groups is 1. The maximum atomic E-state index is 13.9. The maximum absolute atomic E-state index is 13.9. The van der Waals surface area contributed by atoms with Crippen molar-refractivity contribution < 1.29 is 45.8 Å². The Bertz CT molecular complexity index is 1600. The SMILES string of the molecule is C[C@H]1CC2C[C@@H](S(=O)(=O)c3cc(C(=O)Nc4cc(F)c(F)c(F)c4)ccc3Cl)CC1[C@@]2(O)CNC(=O)CNC(=O)OC(C)(C)C. The summed E-state index contributed by atoms with van der Waals surface area (Å²) in [7, 11) is -4.15. The van der Waals surface area contributed by atoms with Gasteiger partial charge < -0.3 is 25.8 Å². The largest absolute Gasteiger partial charge is 0.444 e. The Balaban J connectivity index is 1.46. The molecule has 45 heavy (non-hydrogen) atoms. The van der Waals surface area contributed by atoms with E-state index in [1.807, 2.05) is 6.92 Å². The van der Waals surface area contributed by atoms with Gasteiger partial charge in [0, 0.05) is 29.9 Å². The van der Waals surface area contributed by atoms with Crippen LogP contribution in [0.25, 0.3) is 0 Å². The topological polar surface area (TPSA) is 151 Å². The molecule has 2 fully saturated rings. The third-order valence-corrected chi connectivity index (χ3v) is 11.0. The highest BCUT2D eigenvalue weighted by molar-refractivity contribution is 7.92. The highest BCUT2D eigenvalue weighted by Crippen LogP contribution is 2.54. The van der Waals surface area contributed by atoms with Crippen molar-refractivity contribution in [3.8, 4) is 0 Å². The van der Waals surface area contributed by atoms with Gasteiger partial charge >= 0.3 is 6.09 Å². The second-order valence-corrected chi connectivity index (χ2v) is 15.2. The van der Waals surface area contributed by atoms with Crippen molar-refractivity contribution in [2.24, 2.45) is 17.8 Å². The van der Waals surface area contributed by atoms with Gasteiger partial charge in [0.05, 0.1) is 27.3 Å². The van der Waals surface area contributed by atoms with Gasteiger partial charge in [-0.25, -0.2) is 26.4 Å². The summed E-state index contributed by atoms with van der Waals surface area (Å²) in [4.78, 5) is 36.8. The number of benzene rings is 2. The first-order valence-electron chi connectivity index (χ1n) is 14.3. The molecule has 2 aromatic rings. The number of rotatable bonds is 8. The number of carbonyl (C=O) groups is 3.